The fraction of sp³-hybridized carbons (Fsp3) is 0.200. The summed E-state index contributed by atoms with van der Waals surface area (Å²) in [6.45, 7) is 0.334. The van der Waals surface area contributed by atoms with Gasteiger partial charge in [0.2, 0.25) is 0 Å². The number of benzene rings is 3. The van der Waals surface area contributed by atoms with Crippen LogP contribution < -0.4 is 15.0 Å². The number of carbonyl (C=O) groups excluding carboxylic acids is 2. The van der Waals surface area contributed by atoms with Gasteiger partial charge in [-0.05, 0) is 35.4 Å². The van der Waals surface area contributed by atoms with E-state index in [0.29, 0.717) is 18.9 Å². The van der Waals surface area contributed by atoms with E-state index in [1.807, 2.05) is 73.6 Å². The zero-order valence-corrected chi connectivity index (χ0v) is 17.7. The molecule has 0 unspecified atom stereocenters. The molecule has 160 valence electrons. The van der Waals surface area contributed by atoms with Crippen molar-refractivity contribution in [3.63, 3.8) is 0 Å². The summed E-state index contributed by atoms with van der Waals surface area (Å²) >= 11 is 0. The molecule has 0 saturated heterocycles. The monoisotopic (exact) mass is 418 g/mol. The topological polar surface area (TPSA) is 67.9 Å². The van der Waals surface area contributed by atoms with Gasteiger partial charge in [-0.25, -0.2) is 4.79 Å². The summed E-state index contributed by atoms with van der Waals surface area (Å²) in [4.78, 5) is 26.6. The maximum absolute atomic E-state index is 12.5. The van der Waals surface area contributed by atoms with Crippen LogP contribution in [0, 0.1) is 0 Å². The summed E-state index contributed by atoms with van der Waals surface area (Å²) < 4.78 is 11.0. The van der Waals surface area contributed by atoms with Crippen LogP contribution in [0.5, 0.6) is 5.75 Å². The predicted molar refractivity (Wildman–Crippen MR) is 120 cm³/mol. The maximum atomic E-state index is 12.5. The summed E-state index contributed by atoms with van der Waals surface area (Å²) in [5, 5.41) is 2.75. The molecular formula is C25H26N2O4. The van der Waals surface area contributed by atoms with Crippen LogP contribution in [0.1, 0.15) is 21.5 Å². The number of anilines is 1. The normalized spacial score (nSPS) is 10.3. The molecule has 0 aliphatic carbocycles. The number of esters is 1. The van der Waals surface area contributed by atoms with Gasteiger partial charge < -0.3 is 19.7 Å². The predicted octanol–water partition coefficient (Wildman–Crippen LogP) is 3.80. The molecule has 0 spiro atoms. The Hall–Kier alpha value is -3.80. The first kappa shape index (κ1) is 21.9. The Bertz CT molecular complexity index is 1000. The van der Waals surface area contributed by atoms with Crippen LogP contribution >= 0.6 is 0 Å². The van der Waals surface area contributed by atoms with Crippen molar-refractivity contribution in [2.75, 3.05) is 25.6 Å². The highest BCUT2D eigenvalue weighted by Gasteiger charge is 2.15. The van der Waals surface area contributed by atoms with Crippen molar-refractivity contribution >= 4 is 17.6 Å². The number of carbonyl (C=O) groups is 2. The molecular weight excluding hydrogens is 392 g/mol. The zero-order chi connectivity index (χ0) is 22.1. The SMILES string of the molecule is CN(C)c1ccc(CNC(=O)COC(=O)c2ccccc2OCc2ccccc2)cc1. The highest BCUT2D eigenvalue weighted by atomic mass is 16.5. The molecule has 3 rings (SSSR count). The van der Waals surface area contributed by atoms with Crippen LogP contribution in [0.4, 0.5) is 5.69 Å². The number of nitrogens with one attached hydrogen (secondary N) is 1. The first-order valence-electron chi connectivity index (χ1n) is 9.99. The van der Waals surface area contributed by atoms with Crippen molar-refractivity contribution in [3.8, 4) is 5.75 Å². The Balaban J connectivity index is 1.49. The molecule has 0 heterocycles. The van der Waals surface area contributed by atoms with Crippen molar-refractivity contribution in [2.24, 2.45) is 0 Å². The van der Waals surface area contributed by atoms with Gasteiger partial charge in [-0.15, -0.1) is 0 Å². The lowest BCUT2D eigenvalue weighted by Gasteiger charge is -2.13. The second-order valence-electron chi connectivity index (χ2n) is 7.18. The van der Waals surface area contributed by atoms with E-state index < -0.39 is 5.97 Å². The molecule has 0 saturated carbocycles. The number of hydrogen-bond acceptors (Lipinski definition) is 5. The highest BCUT2D eigenvalue weighted by molar-refractivity contribution is 5.94. The largest absolute Gasteiger partial charge is 0.488 e. The van der Waals surface area contributed by atoms with E-state index >= 15 is 0 Å². The van der Waals surface area contributed by atoms with Gasteiger partial charge in [0.05, 0.1) is 0 Å². The zero-order valence-electron chi connectivity index (χ0n) is 17.7. The Kier molecular flexibility index (Phi) is 7.65. The van der Waals surface area contributed by atoms with Gasteiger partial charge in [-0.3, -0.25) is 4.79 Å². The lowest BCUT2D eigenvalue weighted by Crippen LogP contribution is -2.28. The third-order valence-electron chi connectivity index (χ3n) is 4.62. The van der Waals surface area contributed by atoms with E-state index in [1.165, 1.54) is 0 Å². The Morgan fingerprint density at radius 3 is 2.23 bits per heavy atom. The van der Waals surface area contributed by atoms with Crippen LogP contribution in [0.15, 0.2) is 78.9 Å². The smallest absolute Gasteiger partial charge is 0.342 e. The van der Waals surface area contributed by atoms with Crippen LogP contribution in [-0.2, 0) is 22.7 Å². The molecule has 0 atom stereocenters. The average molecular weight is 418 g/mol. The van der Waals surface area contributed by atoms with Gasteiger partial charge in [-0.1, -0.05) is 54.6 Å². The molecule has 6 nitrogen and oxygen atoms in total. The molecule has 6 heteroatoms. The van der Waals surface area contributed by atoms with Gasteiger partial charge in [0.1, 0.15) is 17.9 Å². The molecule has 3 aromatic rings. The van der Waals surface area contributed by atoms with Crippen molar-refractivity contribution in [3.05, 3.63) is 95.6 Å². The van der Waals surface area contributed by atoms with Gasteiger partial charge >= 0.3 is 5.97 Å². The Morgan fingerprint density at radius 2 is 1.52 bits per heavy atom. The molecule has 0 aromatic heterocycles. The number of nitrogens with zero attached hydrogens (tertiary/aromatic N) is 1. The molecule has 0 aliphatic heterocycles. The summed E-state index contributed by atoms with van der Waals surface area (Å²) in [6, 6.07) is 24.4. The number of hydrogen-bond donors (Lipinski definition) is 1. The van der Waals surface area contributed by atoms with E-state index in [0.717, 1.165) is 16.8 Å². The second kappa shape index (κ2) is 10.8. The highest BCUT2D eigenvalue weighted by Crippen LogP contribution is 2.20. The number of rotatable bonds is 9. The van der Waals surface area contributed by atoms with Crippen LogP contribution in [0.25, 0.3) is 0 Å². The Morgan fingerprint density at radius 1 is 0.839 bits per heavy atom. The fourth-order valence-electron chi connectivity index (χ4n) is 2.87. The summed E-state index contributed by atoms with van der Waals surface area (Å²) in [5.74, 6) is -0.556. The van der Waals surface area contributed by atoms with Gasteiger partial charge in [0.25, 0.3) is 5.91 Å². The van der Waals surface area contributed by atoms with Crippen LogP contribution in [0.3, 0.4) is 0 Å². The number of amides is 1. The minimum atomic E-state index is -0.603. The summed E-state index contributed by atoms with van der Waals surface area (Å²) in [7, 11) is 3.94. The van der Waals surface area contributed by atoms with Gasteiger partial charge in [0, 0.05) is 26.3 Å². The lowest BCUT2D eigenvalue weighted by molar-refractivity contribution is -0.124. The standard InChI is InChI=1S/C25H26N2O4/c1-27(2)21-14-12-19(13-15-21)16-26-24(28)18-31-25(29)22-10-6-7-11-23(22)30-17-20-8-4-3-5-9-20/h3-15H,16-18H2,1-2H3,(H,26,28). The second-order valence-corrected chi connectivity index (χ2v) is 7.18. The maximum Gasteiger partial charge on any atom is 0.342 e. The van der Waals surface area contributed by atoms with E-state index in [2.05, 4.69) is 5.32 Å². The van der Waals surface area contributed by atoms with Gasteiger partial charge in [0.15, 0.2) is 6.61 Å². The lowest BCUT2D eigenvalue weighted by atomic mass is 10.2. The minimum Gasteiger partial charge on any atom is -0.488 e. The molecule has 0 bridgehead atoms. The van der Waals surface area contributed by atoms with Crippen molar-refractivity contribution in [1.82, 2.24) is 5.32 Å². The fourth-order valence-corrected chi connectivity index (χ4v) is 2.87. The van der Waals surface area contributed by atoms with Crippen LogP contribution in [-0.4, -0.2) is 32.6 Å². The van der Waals surface area contributed by atoms with Gasteiger partial charge in [-0.2, -0.15) is 0 Å². The molecule has 1 amide bonds. The van der Waals surface area contributed by atoms with Crippen molar-refractivity contribution in [1.29, 1.82) is 0 Å². The molecule has 3 aromatic carbocycles. The van der Waals surface area contributed by atoms with Crippen LogP contribution in [0.2, 0.25) is 0 Å². The molecule has 31 heavy (non-hydrogen) atoms. The van der Waals surface area contributed by atoms with Crippen molar-refractivity contribution in [2.45, 2.75) is 13.2 Å². The number of para-hydroxylation sites is 1. The first-order chi connectivity index (χ1) is 15.0. The molecule has 0 fully saturated rings. The third-order valence-corrected chi connectivity index (χ3v) is 4.62. The summed E-state index contributed by atoms with van der Waals surface area (Å²) in [6.07, 6.45) is 0. The summed E-state index contributed by atoms with van der Waals surface area (Å²) in [5.41, 5.74) is 3.32. The molecule has 1 N–H and O–H groups in total. The van der Waals surface area contributed by atoms with E-state index in [-0.39, 0.29) is 18.1 Å². The van der Waals surface area contributed by atoms with E-state index in [4.69, 9.17) is 9.47 Å². The van der Waals surface area contributed by atoms with E-state index in [9.17, 15) is 9.59 Å². The molecule has 0 aliphatic rings. The van der Waals surface area contributed by atoms with Crippen molar-refractivity contribution < 1.29 is 19.1 Å². The minimum absolute atomic E-state index is 0.283. The Labute approximate surface area is 182 Å². The van der Waals surface area contributed by atoms with E-state index in [1.54, 1.807) is 24.3 Å². The third kappa shape index (κ3) is 6.60. The first-order valence-corrected chi connectivity index (χ1v) is 9.99. The number of ether oxygens (including phenoxy) is 2. The quantitative estimate of drug-likeness (QED) is 0.536. The molecule has 0 radical (unpaired) electrons. The average Bonchev–Trinajstić information content (AvgIpc) is 2.81.